The minimum atomic E-state index is -4.25. The van der Waals surface area contributed by atoms with Crippen LogP contribution in [0, 0.1) is 0 Å². The average Bonchev–Trinajstić information content (AvgIpc) is 2.56. The lowest BCUT2D eigenvalue weighted by Crippen LogP contribution is -2.20. The normalized spacial score (nSPS) is 22.2. The maximum Gasteiger partial charge on any atom is 0.416 e. The van der Waals surface area contributed by atoms with Crippen LogP contribution in [0.5, 0.6) is 0 Å². The Morgan fingerprint density at radius 3 is 2.71 bits per heavy atom. The van der Waals surface area contributed by atoms with Crippen molar-refractivity contribution in [3.63, 3.8) is 0 Å². The van der Waals surface area contributed by atoms with E-state index in [0.717, 1.165) is 43.9 Å². The van der Waals surface area contributed by atoms with E-state index >= 15 is 0 Å². The zero-order chi connectivity index (χ0) is 12.3. The van der Waals surface area contributed by atoms with Gasteiger partial charge in [0.2, 0.25) is 0 Å². The van der Waals surface area contributed by atoms with Crippen molar-refractivity contribution in [1.29, 1.82) is 0 Å². The molecule has 1 aliphatic rings. The second-order valence-electron chi connectivity index (χ2n) is 4.48. The van der Waals surface area contributed by atoms with Gasteiger partial charge in [-0.3, -0.25) is 0 Å². The molecule has 0 unspecified atom stereocenters. The molecule has 0 aliphatic carbocycles. The number of halogens is 3. The second-order valence-corrected chi connectivity index (χ2v) is 4.48. The third kappa shape index (κ3) is 3.22. The molecule has 1 saturated heterocycles. The molecule has 94 valence electrons. The van der Waals surface area contributed by atoms with Crippen molar-refractivity contribution in [2.24, 2.45) is 0 Å². The van der Waals surface area contributed by atoms with Gasteiger partial charge in [0.05, 0.1) is 5.56 Å². The fraction of sp³-hybridized carbons (Fsp3) is 0.538. The monoisotopic (exact) mass is 243 g/mol. The van der Waals surface area contributed by atoms with Gasteiger partial charge in [0.25, 0.3) is 0 Å². The fourth-order valence-electron chi connectivity index (χ4n) is 2.24. The van der Waals surface area contributed by atoms with Gasteiger partial charge in [-0.05, 0) is 37.1 Å². The predicted octanol–water partition coefficient (Wildman–Crippen LogP) is 3.91. The van der Waals surface area contributed by atoms with Gasteiger partial charge in [0.15, 0.2) is 0 Å². The minimum absolute atomic E-state index is 0.0693. The zero-order valence-electron chi connectivity index (χ0n) is 9.56. The van der Waals surface area contributed by atoms with E-state index in [-0.39, 0.29) is 6.04 Å². The van der Waals surface area contributed by atoms with Crippen LogP contribution in [0.3, 0.4) is 0 Å². The number of nitrogens with one attached hydrogen (secondary N) is 1. The molecule has 1 atom stereocenters. The molecule has 1 fully saturated rings. The van der Waals surface area contributed by atoms with Gasteiger partial charge in [-0.15, -0.1) is 0 Å². The topological polar surface area (TPSA) is 12.0 Å². The Kier molecular flexibility index (Phi) is 3.72. The highest BCUT2D eigenvalue weighted by Crippen LogP contribution is 2.32. The van der Waals surface area contributed by atoms with Crippen molar-refractivity contribution in [2.45, 2.75) is 37.9 Å². The Labute approximate surface area is 99.0 Å². The van der Waals surface area contributed by atoms with Crippen molar-refractivity contribution >= 4 is 0 Å². The molecular formula is C13H16F3N. The lowest BCUT2D eigenvalue weighted by Gasteiger charge is -2.17. The summed E-state index contributed by atoms with van der Waals surface area (Å²) < 4.78 is 37.8. The smallest absolute Gasteiger partial charge is 0.310 e. The SMILES string of the molecule is FC(F)(F)c1cccc([C@H]2CCCCCN2)c1. The van der Waals surface area contributed by atoms with Crippen molar-refractivity contribution < 1.29 is 13.2 Å². The third-order valence-electron chi connectivity index (χ3n) is 3.18. The largest absolute Gasteiger partial charge is 0.416 e. The summed E-state index contributed by atoms with van der Waals surface area (Å²) in [5, 5.41) is 3.31. The summed E-state index contributed by atoms with van der Waals surface area (Å²) in [5.41, 5.74) is 0.197. The first-order valence-electron chi connectivity index (χ1n) is 5.98. The second kappa shape index (κ2) is 5.08. The van der Waals surface area contributed by atoms with Crippen LogP contribution in [0.4, 0.5) is 13.2 Å². The van der Waals surface area contributed by atoms with Gasteiger partial charge >= 0.3 is 6.18 Å². The first kappa shape index (κ1) is 12.4. The molecule has 1 aromatic carbocycles. The van der Waals surface area contributed by atoms with Gasteiger partial charge in [-0.25, -0.2) is 0 Å². The Bertz CT molecular complexity index is 365. The molecule has 2 rings (SSSR count). The van der Waals surface area contributed by atoms with Crippen LogP contribution in [0.1, 0.15) is 42.9 Å². The first-order valence-corrected chi connectivity index (χ1v) is 5.98. The van der Waals surface area contributed by atoms with Gasteiger partial charge in [-0.1, -0.05) is 25.0 Å². The maximum absolute atomic E-state index is 12.6. The Morgan fingerprint density at radius 1 is 1.12 bits per heavy atom. The maximum atomic E-state index is 12.6. The van der Waals surface area contributed by atoms with Crippen LogP contribution in [-0.4, -0.2) is 6.54 Å². The molecule has 1 aliphatic heterocycles. The molecule has 1 aromatic rings. The van der Waals surface area contributed by atoms with Gasteiger partial charge < -0.3 is 5.32 Å². The lowest BCUT2D eigenvalue weighted by molar-refractivity contribution is -0.137. The van der Waals surface area contributed by atoms with E-state index in [1.54, 1.807) is 6.07 Å². The van der Waals surface area contributed by atoms with Crippen LogP contribution in [0.2, 0.25) is 0 Å². The van der Waals surface area contributed by atoms with Gasteiger partial charge in [0.1, 0.15) is 0 Å². The van der Waals surface area contributed by atoms with Crippen LogP contribution < -0.4 is 5.32 Å². The van der Waals surface area contributed by atoms with E-state index in [1.807, 2.05) is 0 Å². The Hall–Kier alpha value is -1.03. The third-order valence-corrected chi connectivity index (χ3v) is 3.18. The molecule has 0 saturated carbocycles. The summed E-state index contributed by atoms with van der Waals surface area (Å²) in [6, 6.07) is 5.73. The Morgan fingerprint density at radius 2 is 1.94 bits per heavy atom. The van der Waals surface area contributed by atoms with Crippen LogP contribution in [0.15, 0.2) is 24.3 Å². The van der Waals surface area contributed by atoms with Crippen molar-refractivity contribution in [3.8, 4) is 0 Å². The summed E-state index contributed by atoms with van der Waals surface area (Å²) in [4.78, 5) is 0. The minimum Gasteiger partial charge on any atom is -0.310 e. The highest BCUT2D eigenvalue weighted by Gasteiger charge is 2.30. The number of hydrogen-bond acceptors (Lipinski definition) is 1. The van der Waals surface area contributed by atoms with E-state index in [9.17, 15) is 13.2 Å². The standard InChI is InChI=1S/C13H16F3N/c14-13(15,16)11-6-4-5-10(9-11)12-7-2-1-3-8-17-12/h4-6,9,12,17H,1-3,7-8H2/t12-/m1/s1. The van der Waals surface area contributed by atoms with Gasteiger partial charge in [-0.2, -0.15) is 13.2 Å². The number of hydrogen-bond donors (Lipinski definition) is 1. The first-order chi connectivity index (χ1) is 8.07. The fourth-order valence-corrected chi connectivity index (χ4v) is 2.24. The molecule has 0 amide bonds. The number of benzene rings is 1. The number of alkyl halides is 3. The summed E-state index contributed by atoms with van der Waals surface area (Å²) in [7, 11) is 0. The highest BCUT2D eigenvalue weighted by molar-refractivity contribution is 5.28. The van der Waals surface area contributed by atoms with Crippen molar-refractivity contribution in [1.82, 2.24) is 5.32 Å². The molecule has 17 heavy (non-hydrogen) atoms. The van der Waals surface area contributed by atoms with Crippen molar-refractivity contribution in [2.75, 3.05) is 6.54 Å². The highest BCUT2D eigenvalue weighted by atomic mass is 19.4. The molecule has 0 bridgehead atoms. The molecular weight excluding hydrogens is 227 g/mol. The van der Waals surface area contributed by atoms with Crippen LogP contribution in [0.25, 0.3) is 0 Å². The molecule has 0 aromatic heterocycles. The van der Waals surface area contributed by atoms with E-state index in [0.29, 0.717) is 0 Å². The Balaban J connectivity index is 2.20. The van der Waals surface area contributed by atoms with Crippen molar-refractivity contribution in [3.05, 3.63) is 35.4 Å². The lowest BCUT2D eigenvalue weighted by atomic mass is 10.00. The van der Waals surface area contributed by atoms with E-state index in [4.69, 9.17) is 0 Å². The molecule has 4 heteroatoms. The summed E-state index contributed by atoms with van der Waals surface area (Å²) in [6.45, 7) is 0.890. The van der Waals surface area contributed by atoms with Gasteiger partial charge in [0, 0.05) is 6.04 Å². The van der Waals surface area contributed by atoms with Crippen LogP contribution in [-0.2, 0) is 6.18 Å². The summed E-state index contributed by atoms with van der Waals surface area (Å²) in [6.07, 6.45) is 0.00782. The molecule has 0 radical (unpaired) electrons. The molecule has 1 nitrogen and oxygen atoms in total. The van der Waals surface area contributed by atoms with Crippen LogP contribution >= 0.6 is 0 Å². The summed E-state index contributed by atoms with van der Waals surface area (Å²) in [5.74, 6) is 0. The average molecular weight is 243 g/mol. The molecule has 1 heterocycles. The molecule has 1 N–H and O–H groups in total. The summed E-state index contributed by atoms with van der Waals surface area (Å²) >= 11 is 0. The molecule has 0 spiro atoms. The quantitative estimate of drug-likeness (QED) is 0.788. The van der Waals surface area contributed by atoms with E-state index in [2.05, 4.69) is 5.32 Å². The zero-order valence-corrected chi connectivity index (χ0v) is 9.56. The predicted molar refractivity (Wildman–Crippen MR) is 60.7 cm³/mol. The van der Waals surface area contributed by atoms with E-state index in [1.165, 1.54) is 12.1 Å². The number of rotatable bonds is 1. The van der Waals surface area contributed by atoms with E-state index < -0.39 is 11.7 Å².